The van der Waals surface area contributed by atoms with Crippen LogP contribution in [0.5, 0.6) is 0 Å². The molecule has 0 spiro atoms. The Morgan fingerprint density at radius 2 is 1.90 bits per heavy atom. The normalized spacial score (nSPS) is 12.0. The van der Waals surface area contributed by atoms with Gasteiger partial charge in [0, 0.05) is 12.8 Å². The van der Waals surface area contributed by atoms with Gasteiger partial charge < -0.3 is 9.73 Å². The third kappa shape index (κ3) is 4.66. The third-order valence-electron chi connectivity index (χ3n) is 4.78. The van der Waals surface area contributed by atoms with Crippen LogP contribution in [0, 0.1) is 11.6 Å². The van der Waals surface area contributed by atoms with Crippen molar-refractivity contribution in [2.24, 2.45) is 0 Å². The molecule has 0 saturated heterocycles. The van der Waals surface area contributed by atoms with Crippen LogP contribution in [-0.4, -0.2) is 25.7 Å². The summed E-state index contributed by atoms with van der Waals surface area (Å²) in [5, 5.41) is 6.99. The van der Waals surface area contributed by atoms with Crippen LogP contribution in [0.4, 0.5) is 8.78 Å². The molecule has 4 aromatic rings. The predicted molar refractivity (Wildman–Crippen MR) is 108 cm³/mol. The van der Waals surface area contributed by atoms with Crippen LogP contribution in [-0.2, 0) is 11.2 Å². The van der Waals surface area contributed by atoms with Gasteiger partial charge in [-0.2, -0.15) is 5.10 Å². The van der Waals surface area contributed by atoms with Gasteiger partial charge in [-0.3, -0.25) is 4.79 Å². The summed E-state index contributed by atoms with van der Waals surface area (Å²) in [7, 11) is 0. The van der Waals surface area contributed by atoms with E-state index in [2.05, 4.69) is 20.4 Å². The molecule has 1 N–H and O–H groups in total. The van der Waals surface area contributed by atoms with Crippen LogP contribution >= 0.6 is 0 Å². The molecule has 0 saturated carbocycles. The SMILES string of the molecule is CC(NC(=O)CCc1ncc(-c2c(F)cccc2F)o1)c1ccc(-n2cncn2)cc1. The second kappa shape index (κ2) is 8.86. The highest BCUT2D eigenvalue weighted by atomic mass is 19.1. The zero-order valence-electron chi connectivity index (χ0n) is 16.6. The Morgan fingerprint density at radius 1 is 1.16 bits per heavy atom. The van der Waals surface area contributed by atoms with Crippen LogP contribution in [0.3, 0.4) is 0 Å². The number of carbonyl (C=O) groups is 1. The molecule has 4 rings (SSSR count). The van der Waals surface area contributed by atoms with Crippen LogP contribution in [0.25, 0.3) is 17.0 Å². The Bertz CT molecular complexity index is 1150. The Morgan fingerprint density at radius 3 is 2.58 bits per heavy atom. The van der Waals surface area contributed by atoms with Gasteiger partial charge in [0.15, 0.2) is 11.7 Å². The third-order valence-corrected chi connectivity index (χ3v) is 4.78. The summed E-state index contributed by atoms with van der Waals surface area (Å²) in [6.07, 6.45) is 4.66. The van der Waals surface area contributed by atoms with Crippen molar-refractivity contribution in [2.45, 2.75) is 25.8 Å². The first-order chi connectivity index (χ1) is 15.0. The van der Waals surface area contributed by atoms with Gasteiger partial charge in [-0.25, -0.2) is 23.4 Å². The molecule has 158 valence electrons. The molecule has 0 aliphatic rings. The van der Waals surface area contributed by atoms with Crippen molar-refractivity contribution in [3.05, 3.63) is 84.4 Å². The fourth-order valence-electron chi connectivity index (χ4n) is 3.15. The van der Waals surface area contributed by atoms with Crippen molar-refractivity contribution in [1.82, 2.24) is 25.1 Å². The maximum atomic E-state index is 13.9. The van der Waals surface area contributed by atoms with Gasteiger partial charge in [-0.1, -0.05) is 18.2 Å². The molecule has 1 amide bonds. The standard InChI is InChI=1S/C22H19F2N5O2/c1-14(15-5-7-16(8-6-15)29-13-25-12-27-29)28-20(30)9-10-21-26-11-19(31-21)22-17(23)3-2-4-18(22)24/h2-8,11-14H,9-10H2,1H3,(H,28,30). The number of benzene rings is 2. The van der Waals surface area contributed by atoms with Crippen LogP contribution in [0.2, 0.25) is 0 Å². The van der Waals surface area contributed by atoms with E-state index in [1.807, 2.05) is 31.2 Å². The van der Waals surface area contributed by atoms with E-state index in [1.165, 1.54) is 18.6 Å². The van der Waals surface area contributed by atoms with Gasteiger partial charge in [0.2, 0.25) is 5.91 Å². The van der Waals surface area contributed by atoms with E-state index in [9.17, 15) is 13.6 Å². The fraction of sp³-hybridized carbons (Fsp3) is 0.182. The number of nitrogens with zero attached hydrogens (tertiary/aromatic N) is 4. The summed E-state index contributed by atoms with van der Waals surface area (Å²) in [6, 6.07) is 11.0. The zero-order chi connectivity index (χ0) is 21.8. The summed E-state index contributed by atoms with van der Waals surface area (Å²) in [6.45, 7) is 1.88. The van der Waals surface area contributed by atoms with Crippen LogP contribution in [0.1, 0.15) is 30.8 Å². The summed E-state index contributed by atoms with van der Waals surface area (Å²) in [4.78, 5) is 20.3. The van der Waals surface area contributed by atoms with Gasteiger partial charge in [0.05, 0.1) is 23.5 Å². The minimum Gasteiger partial charge on any atom is -0.441 e. The van der Waals surface area contributed by atoms with Crippen molar-refractivity contribution in [2.75, 3.05) is 0 Å². The number of oxazole rings is 1. The van der Waals surface area contributed by atoms with Gasteiger partial charge in [-0.15, -0.1) is 0 Å². The molecule has 2 aromatic carbocycles. The molecule has 0 aliphatic heterocycles. The topological polar surface area (TPSA) is 85.8 Å². The maximum Gasteiger partial charge on any atom is 0.220 e. The summed E-state index contributed by atoms with van der Waals surface area (Å²) in [5.41, 5.74) is 1.53. The van der Waals surface area contributed by atoms with Gasteiger partial charge in [0.25, 0.3) is 0 Å². The van der Waals surface area contributed by atoms with Crippen LogP contribution < -0.4 is 5.32 Å². The van der Waals surface area contributed by atoms with Crippen LogP contribution in [0.15, 0.2) is 65.7 Å². The Hall–Kier alpha value is -3.88. The molecule has 0 fully saturated rings. The number of halogens is 2. The fourth-order valence-corrected chi connectivity index (χ4v) is 3.15. The number of rotatable bonds is 7. The van der Waals surface area contributed by atoms with Crippen molar-refractivity contribution in [3.8, 4) is 17.0 Å². The quantitative estimate of drug-likeness (QED) is 0.485. The zero-order valence-corrected chi connectivity index (χ0v) is 16.6. The highest BCUT2D eigenvalue weighted by molar-refractivity contribution is 5.76. The number of hydrogen-bond donors (Lipinski definition) is 1. The summed E-state index contributed by atoms with van der Waals surface area (Å²) in [5.74, 6) is -1.43. The van der Waals surface area contributed by atoms with E-state index in [4.69, 9.17) is 4.42 Å². The Balaban J connectivity index is 1.33. The molecule has 7 nitrogen and oxygen atoms in total. The predicted octanol–water partition coefficient (Wildman–Crippen LogP) is 4.01. The molecule has 9 heteroatoms. The smallest absolute Gasteiger partial charge is 0.220 e. The number of nitrogens with one attached hydrogen (secondary N) is 1. The minimum atomic E-state index is -0.732. The van der Waals surface area contributed by atoms with E-state index in [-0.39, 0.29) is 42.0 Å². The first-order valence-corrected chi connectivity index (χ1v) is 9.64. The molecule has 2 aromatic heterocycles. The minimum absolute atomic E-state index is 0.00755. The van der Waals surface area contributed by atoms with Gasteiger partial charge in [0.1, 0.15) is 24.3 Å². The summed E-state index contributed by atoms with van der Waals surface area (Å²) < 4.78 is 34.8. The molecule has 0 aliphatic carbocycles. The molecule has 0 radical (unpaired) electrons. The number of aromatic nitrogens is 4. The maximum absolute atomic E-state index is 13.9. The highest BCUT2D eigenvalue weighted by Crippen LogP contribution is 2.26. The average Bonchev–Trinajstić information content (AvgIpc) is 3.45. The van der Waals surface area contributed by atoms with Crippen molar-refractivity contribution >= 4 is 5.91 Å². The van der Waals surface area contributed by atoms with Gasteiger partial charge in [-0.05, 0) is 36.8 Å². The van der Waals surface area contributed by atoms with E-state index in [0.29, 0.717) is 0 Å². The molecule has 1 atom stereocenters. The lowest BCUT2D eigenvalue weighted by atomic mass is 10.1. The molecular weight excluding hydrogens is 404 g/mol. The highest BCUT2D eigenvalue weighted by Gasteiger charge is 2.17. The van der Waals surface area contributed by atoms with Crippen molar-refractivity contribution in [1.29, 1.82) is 0 Å². The molecule has 2 heterocycles. The monoisotopic (exact) mass is 423 g/mol. The molecule has 31 heavy (non-hydrogen) atoms. The van der Waals surface area contributed by atoms with Crippen molar-refractivity contribution in [3.63, 3.8) is 0 Å². The van der Waals surface area contributed by atoms with Gasteiger partial charge >= 0.3 is 0 Å². The summed E-state index contributed by atoms with van der Waals surface area (Å²) >= 11 is 0. The number of amides is 1. The van der Waals surface area contributed by atoms with E-state index >= 15 is 0 Å². The second-order valence-electron chi connectivity index (χ2n) is 6.94. The lowest BCUT2D eigenvalue weighted by Crippen LogP contribution is -2.26. The number of aryl methyl sites for hydroxylation is 1. The lowest BCUT2D eigenvalue weighted by Gasteiger charge is -2.14. The van der Waals surface area contributed by atoms with E-state index in [0.717, 1.165) is 23.4 Å². The lowest BCUT2D eigenvalue weighted by molar-refractivity contribution is -0.121. The van der Waals surface area contributed by atoms with E-state index < -0.39 is 11.6 Å². The molecule has 0 bridgehead atoms. The Labute approximate surface area is 176 Å². The first kappa shape index (κ1) is 20.4. The first-order valence-electron chi connectivity index (χ1n) is 9.64. The average molecular weight is 423 g/mol. The number of hydrogen-bond acceptors (Lipinski definition) is 5. The van der Waals surface area contributed by atoms with Crippen molar-refractivity contribution < 1.29 is 18.0 Å². The number of carbonyl (C=O) groups excluding carboxylic acids is 1. The Kier molecular flexibility index (Phi) is 5.83. The molecule has 1 unspecified atom stereocenters. The largest absolute Gasteiger partial charge is 0.441 e. The molecular formula is C22H19F2N5O2. The second-order valence-corrected chi connectivity index (χ2v) is 6.94. The van der Waals surface area contributed by atoms with E-state index in [1.54, 1.807) is 11.0 Å².